The molecule has 2 aliphatic heterocycles. The fourth-order valence-corrected chi connectivity index (χ4v) is 2.62. The van der Waals surface area contributed by atoms with Crippen molar-refractivity contribution in [2.24, 2.45) is 0 Å². The van der Waals surface area contributed by atoms with Crippen LogP contribution in [0.25, 0.3) is 0 Å². The van der Waals surface area contributed by atoms with Gasteiger partial charge in [0.2, 0.25) is 0 Å². The summed E-state index contributed by atoms with van der Waals surface area (Å²) < 4.78 is 41.5. The number of piperidine rings is 2. The summed E-state index contributed by atoms with van der Waals surface area (Å²) in [5.41, 5.74) is 0. The number of sulfone groups is 2. The highest BCUT2D eigenvalue weighted by atomic mass is 32.2. The van der Waals surface area contributed by atoms with Crippen LogP contribution in [0.4, 0.5) is 0 Å². The molecule has 0 saturated carbocycles. The molecule has 0 bridgehead atoms. The number of hydrogen-bond donors (Lipinski definition) is 1. The normalized spacial score (nSPS) is 18.8. The molecule has 2 aliphatic rings. The van der Waals surface area contributed by atoms with Gasteiger partial charge in [-0.3, -0.25) is 9.59 Å². The maximum Gasteiger partial charge on any atom is 0.168 e. The van der Waals surface area contributed by atoms with Crippen LogP contribution in [0, 0.1) is 0 Å². The third-order valence-electron chi connectivity index (χ3n) is 3.66. The molecule has 2 heterocycles. The Hall–Kier alpha value is -1.10. The molecule has 2 saturated heterocycles. The number of carbonyl (C=O) groups is 2. The highest BCUT2D eigenvalue weighted by Crippen LogP contribution is 2.05. The summed E-state index contributed by atoms with van der Waals surface area (Å²) in [6.07, 6.45) is 4.95. The van der Waals surface area contributed by atoms with Crippen LogP contribution in [-0.4, -0.2) is 84.3 Å². The maximum atomic E-state index is 10.9. The van der Waals surface area contributed by atoms with Crippen LogP contribution in [0.5, 0.6) is 0 Å². The second-order valence-corrected chi connectivity index (χ2v) is 10.5. The van der Waals surface area contributed by atoms with E-state index in [0.29, 0.717) is 38.3 Å². The van der Waals surface area contributed by atoms with Gasteiger partial charge in [0.1, 0.15) is 21.4 Å². The van der Waals surface area contributed by atoms with Gasteiger partial charge in [-0.15, -0.1) is 0 Å². The number of nitrogens with one attached hydrogen (secondary N) is 1. The van der Waals surface area contributed by atoms with Crippen LogP contribution in [-0.2, 0) is 29.3 Å². The molecule has 0 radical (unpaired) electrons. The van der Waals surface area contributed by atoms with Gasteiger partial charge in [-0.1, -0.05) is 6.58 Å². The van der Waals surface area contributed by atoms with Crippen molar-refractivity contribution in [3.05, 3.63) is 12.0 Å². The van der Waals surface area contributed by atoms with E-state index in [9.17, 15) is 26.4 Å². The first-order valence-electron chi connectivity index (χ1n) is 8.39. The van der Waals surface area contributed by atoms with Crippen LogP contribution < -0.4 is 5.32 Å². The summed E-state index contributed by atoms with van der Waals surface area (Å²) in [5.74, 6) is 0.885. The second kappa shape index (κ2) is 12.3. The van der Waals surface area contributed by atoms with Crippen LogP contribution in [0.3, 0.4) is 0 Å². The van der Waals surface area contributed by atoms with Crippen molar-refractivity contribution < 1.29 is 26.4 Å². The van der Waals surface area contributed by atoms with Crippen molar-refractivity contribution in [3.8, 4) is 0 Å². The fourth-order valence-electron chi connectivity index (χ4n) is 2.03. The number of likely N-dealkylation sites (tertiary alicyclic amines) is 1. The van der Waals surface area contributed by atoms with Crippen molar-refractivity contribution in [1.29, 1.82) is 0 Å². The van der Waals surface area contributed by atoms with E-state index < -0.39 is 19.7 Å². The Morgan fingerprint density at radius 2 is 1.38 bits per heavy atom. The van der Waals surface area contributed by atoms with Gasteiger partial charge in [0.15, 0.2) is 9.84 Å². The molecule has 0 aromatic carbocycles. The lowest BCUT2D eigenvalue weighted by Crippen LogP contribution is -2.36. The fraction of sp³-hybridized carbons (Fsp3) is 0.750. The summed E-state index contributed by atoms with van der Waals surface area (Å²) in [7, 11) is -5.76. The lowest BCUT2D eigenvalue weighted by molar-refractivity contribution is -0.121. The monoisotopic (exact) mass is 410 g/mol. The van der Waals surface area contributed by atoms with Crippen LogP contribution in [0.2, 0.25) is 0 Å². The second-order valence-electron chi connectivity index (χ2n) is 6.30. The SMILES string of the molecule is C=CS(C)(=O)=O.CS(=O)(=O)CCN1CCC(=O)CC1.O=C1CCNCC1. The highest BCUT2D eigenvalue weighted by molar-refractivity contribution is 7.93. The summed E-state index contributed by atoms with van der Waals surface area (Å²) >= 11 is 0. The van der Waals surface area contributed by atoms with E-state index in [4.69, 9.17) is 0 Å². The van der Waals surface area contributed by atoms with E-state index >= 15 is 0 Å². The molecular weight excluding hydrogens is 380 g/mol. The third kappa shape index (κ3) is 16.4. The van der Waals surface area contributed by atoms with Gasteiger partial charge in [0.05, 0.1) is 5.75 Å². The minimum Gasteiger partial charge on any atom is -0.316 e. The molecule has 0 unspecified atom stereocenters. The molecule has 0 aromatic heterocycles. The van der Waals surface area contributed by atoms with Gasteiger partial charge in [-0.05, 0) is 0 Å². The first-order chi connectivity index (χ1) is 11.9. The molecular formula is C16H30N2O6S2. The highest BCUT2D eigenvalue weighted by Gasteiger charge is 2.16. The predicted molar refractivity (Wildman–Crippen MR) is 103 cm³/mol. The zero-order valence-electron chi connectivity index (χ0n) is 15.6. The van der Waals surface area contributed by atoms with Crippen molar-refractivity contribution in [2.45, 2.75) is 25.7 Å². The Balaban J connectivity index is 0.000000405. The van der Waals surface area contributed by atoms with Gasteiger partial charge in [-0.2, -0.15) is 0 Å². The summed E-state index contributed by atoms with van der Waals surface area (Å²) in [6, 6.07) is 0. The topological polar surface area (TPSA) is 118 Å². The molecule has 0 aliphatic carbocycles. The number of rotatable bonds is 4. The molecule has 0 amide bonds. The zero-order chi connectivity index (χ0) is 20.2. The Morgan fingerprint density at radius 1 is 0.962 bits per heavy atom. The number of carbonyl (C=O) groups excluding carboxylic acids is 2. The Morgan fingerprint density at radius 3 is 1.69 bits per heavy atom. The molecule has 10 heteroatoms. The molecule has 2 fully saturated rings. The number of nitrogens with zero attached hydrogens (tertiary/aromatic N) is 1. The summed E-state index contributed by atoms with van der Waals surface area (Å²) in [6.45, 7) is 6.81. The van der Waals surface area contributed by atoms with Crippen LogP contribution in [0.15, 0.2) is 12.0 Å². The largest absolute Gasteiger partial charge is 0.316 e. The van der Waals surface area contributed by atoms with E-state index in [1.54, 1.807) is 0 Å². The molecule has 1 N–H and O–H groups in total. The molecule has 0 atom stereocenters. The molecule has 0 aromatic rings. The summed E-state index contributed by atoms with van der Waals surface area (Å²) in [4.78, 5) is 23.3. The van der Waals surface area contributed by atoms with Crippen molar-refractivity contribution in [1.82, 2.24) is 10.2 Å². The average Bonchev–Trinajstić information content (AvgIpc) is 2.55. The summed E-state index contributed by atoms with van der Waals surface area (Å²) in [5, 5.41) is 4.00. The molecule has 8 nitrogen and oxygen atoms in total. The minimum absolute atomic E-state index is 0.196. The number of hydrogen-bond acceptors (Lipinski definition) is 8. The molecule has 0 spiro atoms. The Kier molecular flexibility index (Phi) is 11.8. The zero-order valence-corrected chi connectivity index (χ0v) is 17.2. The Labute approximate surface area is 156 Å². The predicted octanol–water partition coefficient (Wildman–Crippen LogP) is -0.191. The van der Waals surface area contributed by atoms with E-state index in [0.717, 1.165) is 37.6 Å². The lowest BCUT2D eigenvalue weighted by atomic mass is 10.1. The lowest BCUT2D eigenvalue weighted by Gasteiger charge is -2.25. The average molecular weight is 411 g/mol. The van der Waals surface area contributed by atoms with E-state index in [2.05, 4.69) is 11.9 Å². The van der Waals surface area contributed by atoms with Crippen LogP contribution >= 0.6 is 0 Å². The molecule has 2 rings (SSSR count). The van der Waals surface area contributed by atoms with E-state index in [1.165, 1.54) is 6.26 Å². The minimum atomic E-state index is -2.90. The maximum absolute atomic E-state index is 10.9. The Bertz CT molecular complexity index is 641. The molecule has 26 heavy (non-hydrogen) atoms. The van der Waals surface area contributed by atoms with Gasteiger partial charge in [-0.25, -0.2) is 16.8 Å². The van der Waals surface area contributed by atoms with Gasteiger partial charge >= 0.3 is 0 Å². The number of Topliss-reactive ketones (excluding diaryl/α,β-unsaturated/α-hetero) is 2. The van der Waals surface area contributed by atoms with Crippen molar-refractivity contribution in [2.75, 3.05) is 51.0 Å². The van der Waals surface area contributed by atoms with Gasteiger partial charge < -0.3 is 10.2 Å². The smallest absolute Gasteiger partial charge is 0.168 e. The number of ketones is 2. The first-order valence-corrected chi connectivity index (χ1v) is 12.4. The molecule has 152 valence electrons. The van der Waals surface area contributed by atoms with Gasteiger partial charge in [0, 0.05) is 76.3 Å². The quantitative estimate of drug-likeness (QED) is 0.678. The standard InChI is InChI=1S/C8H15NO3S.C5H9NO.C3H6O2S/c1-13(11,12)7-6-9-4-2-8(10)3-5-9;7-5-1-3-6-4-2-5;1-3-6(2,4)5/h2-7H2,1H3;6H,1-4H2;3H,1H2,2H3. The van der Waals surface area contributed by atoms with Crippen molar-refractivity contribution in [3.63, 3.8) is 0 Å². The first kappa shape index (κ1) is 24.9. The third-order valence-corrected chi connectivity index (χ3v) is 5.19. The van der Waals surface area contributed by atoms with Crippen molar-refractivity contribution >= 4 is 31.2 Å². The van der Waals surface area contributed by atoms with Crippen LogP contribution in [0.1, 0.15) is 25.7 Å². The van der Waals surface area contributed by atoms with E-state index in [1.807, 2.05) is 4.90 Å². The van der Waals surface area contributed by atoms with E-state index in [-0.39, 0.29) is 11.5 Å². The van der Waals surface area contributed by atoms with Gasteiger partial charge in [0.25, 0.3) is 0 Å².